The van der Waals surface area contributed by atoms with Crippen LogP contribution >= 0.6 is 0 Å². The van der Waals surface area contributed by atoms with Gasteiger partial charge in [0.25, 0.3) is 0 Å². The van der Waals surface area contributed by atoms with Crippen molar-refractivity contribution in [3.05, 3.63) is 29.3 Å². The first kappa shape index (κ1) is 16.1. The summed E-state index contributed by atoms with van der Waals surface area (Å²) in [4.78, 5) is 21.4. The van der Waals surface area contributed by atoms with Crippen molar-refractivity contribution in [1.82, 2.24) is 4.72 Å². The highest BCUT2D eigenvalue weighted by molar-refractivity contribution is 7.89. The minimum Gasteiger partial charge on any atom is -0.481 e. The molecule has 0 heterocycles. The summed E-state index contributed by atoms with van der Waals surface area (Å²) in [6.45, 7) is 3.27. The molecule has 1 rings (SSSR count). The molecule has 0 aromatic heterocycles. The van der Waals surface area contributed by atoms with Crippen LogP contribution in [0.1, 0.15) is 17.5 Å². The Balaban J connectivity index is 3.12. The molecule has 0 aliphatic heterocycles. The molecule has 0 aliphatic rings. The van der Waals surface area contributed by atoms with Crippen LogP contribution in [0.15, 0.2) is 23.1 Å². The van der Waals surface area contributed by atoms with Gasteiger partial charge in [0.15, 0.2) is 0 Å². The third kappa shape index (κ3) is 4.04. The van der Waals surface area contributed by atoms with E-state index in [0.717, 1.165) is 0 Å². The number of aliphatic carboxylic acids is 2. The zero-order valence-corrected chi connectivity index (χ0v) is 11.8. The monoisotopic (exact) mass is 301 g/mol. The van der Waals surface area contributed by atoms with E-state index in [0.29, 0.717) is 11.1 Å². The zero-order chi connectivity index (χ0) is 15.5. The SMILES string of the molecule is Cc1ccc(C)c(S(=O)(=O)NC(CC(=O)O)C(=O)O)c1. The Bertz CT molecular complexity index is 637. The Labute approximate surface area is 116 Å². The lowest BCUT2D eigenvalue weighted by atomic mass is 10.2. The van der Waals surface area contributed by atoms with Gasteiger partial charge in [0.05, 0.1) is 11.3 Å². The van der Waals surface area contributed by atoms with Crippen LogP contribution in [0.5, 0.6) is 0 Å². The molecule has 1 aromatic carbocycles. The average molecular weight is 301 g/mol. The molecule has 0 spiro atoms. The third-order valence-electron chi connectivity index (χ3n) is 2.61. The lowest BCUT2D eigenvalue weighted by Gasteiger charge is -2.14. The van der Waals surface area contributed by atoms with E-state index in [-0.39, 0.29) is 4.90 Å². The van der Waals surface area contributed by atoms with Gasteiger partial charge in [0, 0.05) is 0 Å². The summed E-state index contributed by atoms with van der Waals surface area (Å²) in [6, 6.07) is 3.01. The zero-order valence-electron chi connectivity index (χ0n) is 11.0. The molecule has 3 N–H and O–H groups in total. The molecule has 8 heteroatoms. The molecule has 0 fully saturated rings. The maximum atomic E-state index is 12.1. The van der Waals surface area contributed by atoms with Crippen molar-refractivity contribution in [2.75, 3.05) is 0 Å². The maximum Gasteiger partial charge on any atom is 0.322 e. The number of aryl methyl sites for hydroxylation is 2. The topological polar surface area (TPSA) is 121 Å². The molecule has 1 aromatic rings. The van der Waals surface area contributed by atoms with Gasteiger partial charge in [-0.2, -0.15) is 4.72 Å². The molecule has 0 saturated carbocycles. The summed E-state index contributed by atoms with van der Waals surface area (Å²) in [5.41, 5.74) is 1.14. The first-order valence-electron chi connectivity index (χ1n) is 5.67. The van der Waals surface area contributed by atoms with Crippen LogP contribution in [0.3, 0.4) is 0 Å². The molecule has 20 heavy (non-hydrogen) atoms. The number of carbonyl (C=O) groups is 2. The smallest absolute Gasteiger partial charge is 0.322 e. The van der Waals surface area contributed by atoms with Crippen molar-refractivity contribution in [2.45, 2.75) is 31.2 Å². The van der Waals surface area contributed by atoms with E-state index < -0.39 is 34.4 Å². The van der Waals surface area contributed by atoms with Gasteiger partial charge in [-0.3, -0.25) is 9.59 Å². The Kier molecular flexibility index (Phi) is 4.85. The van der Waals surface area contributed by atoms with Gasteiger partial charge in [-0.1, -0.05) is 12.1 Å². The second-order valence-corrected chi connectivity index (χ2v) is 6.06. The largest absolute Gasteiger partial charge is 0.481 e. The number of sulfonamides is 1. The van der Waals surface area contributed by atoms with Gasteiger partial charge in [-0.25, -0.2) is 8.42 Å². The van der Waals surface area contributed by atoms with Crippen LogP contribution in [0.25, 0.3) is 0 Å². The maximum absolute atomic E-state index is 12.1. The molecule has 7 nitrogen and oxygen atoms in total. The number of carboxylic acid groups (broad SMARTS) is 2. The summed E-state index contributed by atoms with van der Waals surface area (Å²) < 4.78 is 26.2. The molecular formula is C12H15NO6S. The number of benzene rings is 1. The molecular weight excluding hydrogens is 286 g/mol. The van der Waals surface area contributed by atoms with E-state index in [1.165, 1.54) is 6.07 Å². The van der Waals surface area contributed by atoms with Crippen LogP contribution < -0.4 is 4.72 Å². The average Bonchev–Trinajstić information content (AvgIpc) is 2.30. The van der Waals surface area contributed by atoms with E-state index in [1.54, 1.807) is 26.0 Å². The summed E-state index contributed by atoms with van der Waals surface area (Å²) in [6.07, 6.45) is -0.834. The predicted molar refractivity (Wildman–Crippen MR) is 69.9 cm³/mol. The summed E-state index contributed by atoms with van der Waals surface area (Å²) in [7, 11) is -4.10. The standard InChI is InChI=1S/C12H15NO6S/c1-7-3-4-8(2)10(5-7)20(18,19)13-9(12(16)17)6-11(14)15/h3-5,9,13H,6H2,1-2H3,(H,14,15)(H,16,17). The Morgan fingerprint density at radius 1 is 1.25 bits per heavy atom. The van der Waals surface area contributed by atoms with E-state index in [1.807, 2.05) is 4.72 Å². The van der Waals surface area contributed by atoms with E-state index in [2.05, 4.69) is 0 Å². The number of nitrogens with one attached hydrogen (secondary N) is 1. The minimum absolute atomic E-state index is 0.0610. The van der Waals surface area contributed by atoms with E-state index in [9.17, 15) is 18.0 Å². The van der Waals surface area contributed by atoms with E-state index in [4.69, 9.17) is 10.2 Å². The van der Waals surface area contributed by atoms with Gasteiger partial charge < -0.3 is 10.2 Å². The van der Waals surface area contributed by atoms with Crippen molar-refractivity contribution in [3.63, 3.8) is 0 Å². The van der Waals surface area contributed by atoms with Crippen LogP contribution in [0.2, 0.25) is 0 Å². The molecule has 0 amide bonds. The number of rotatable bonds is 6. The Hall–Kier alpha value is -1.93. The highest BCUT2D eigenvalue weighted by Crippen LogP contribution is 2.17. The molecule has 110 valence electrons. The second-order valence-electron chi connectivity index (χ2n) is 4.38. The quantitative estimate of drug-likeness (QED) is 0.704. The molecule has 0 saturated heterocycles. The molecule has 1 unspecified atom stereocenters. The predicted octanol–water partition coefficient (Wildman–Crippen LogP) is 0.510. The van der Waals surface area contributed by atoms with Gasteiger partial charge >= 0.3 is 11.9 Å². The van der Waals surface area contributed by atoms with Crippen molar-refractivity contribution >= 4 is 22.0 Å². The fourth-order valence-electron chi connectivity index (χ4n) is 1.60. The molecule has 0 bridgehead atoms. The van der Waals surface area contributed by atoms with Crippen LogP contribution in [-0.4, -0.2) is 36.6 Å². The molecule has 0 radical (unpaired) electrons. The lowest BCUT2D eigenvalue weighted by Crippen LogP contribution is -2.42. The van der Waals surface area contributed by atoms with E-state index >= 15 is 0 Å². The number of hydrogen-bond acceptors (Lipinski definition) is 4. The molecule has 1 atom stereocenters. The lowest BCUT2D eigenvalue weighted by molar-refractivity contribution is -0.145. The third-order valence-corrected chi connectivity index (χ3v) is 4.22. The Morgan fingerprint density at radius 2 is 1.85 bits per heavy atom. The summed E-state index contributed by atoms with van der Waals surface area (Å²) in [5.74, 6) is -2.94. The van der Waals surface area contributed by atoms with Crippen molar-refractivity contribution in [3.8, 4) is 0 Å². The fourth-order valence-corrected chi connectivity index (χ4v) is 3.12. The second kappa shape index (κ2) is 6.02. The Morgan fingerprint density at radius 3 is 2.35 bits per heavy atom. The summed E-state index contributed by atoms with van der Waals surface area (Å²) >= 11 is 0. The first-order chi connectivity index (χ1) is 9.13. The van der Waals surface area contributed by atoms with Crippen LogP contribution in [0, 0.1) is 13.8 Å². The number of hydrogen-bond donors (Lipinski definition) is 3. The van der Waals surface area contributed by atoms with Crippen molar-refractivity contribution in [1.29, 1.82) is 0 Å². The van der Waals surface area contributed by atoms with Gasteiger partial charge in [-0.05, 0) is 31.0 Å². The van der Waals surface area contributed by atoms with Crippen LogP contribution in [0.4, 0.5) is 0 Å². The molecule has 0 aliphatic carbocycles. The van der Waals surface area contributed by atoms with Crippen molar-refractivity contribution < 1.29 is 28.2 Å². The van der Waals surface area contributed by atoms with Crippen LogP contribution in [-0.2, 0) is 19.6 Å². The first-order valence-corrected chi connectivity index (χ1v) is 7.16. The summed E-state index contributed by atoms with van der Waals surface area (Å²) in [5, 5.41) is 17.5. The minimum atomic E-state index is -4.10. The fraction of sp³-hybridized carbons (Fsp3) is 0.333. The van der Waals surface area contributed by atoms with Gasteiger partial charge in [0.2, 0.25) is 10.0 Å². The highest BCUT2D eigenvalue weighted by atomic mass is 32.2. The van der Waals surface area contributed by atoms with Gasteiger partial charge in [-0.15, -0.1) is 0 Å². The van der Waals surface area contributed by atoms with Gasteiger partial charge in [0.1, 0.15) is 6.04 Å². The normalized spacial score (nSPS) is 12.9. The highest BCUT2D eigenvalue weighted by Gasteiger charge is 2.28. The number of carboxylic acids is 2. The van der Waals surface area contributed by atoms with Crippen molar-refractivity contribution in [2.24, 2.45) is 0 Å².